The largest absolute Gasteiger partial charge is 0.366 e. The van der Waals surface area contributed by atoms with Crippen LogP contribution in [0.5, 0.6) is 0 Å². The van der Waals surface area contributed by atoms with E-state index in [1.165, 1.54) is 5.56 Å². The number of benzene rings is 2. The van der Waals surface area contributed by atoms with Crippen LogP contribution in [0, 0.1) is 0 Å². The van der Waals surface area contributed by atoms with Crippen LogP contribution in [0.3, 0.4) is 0 Å². The van der Waals surface area contributed by atoms with Gasteiger partial charge >= 0.3 is 0 Å². The molecule has 0 saturated carbocycles. The van der Waals surface area contributed by atoms with Crippen LogP contribution in [-0.2, 0) is 6.54 Å². The summed E-state index contributed by atoms with van der Waals surface area (Å²) in [5.74, 6) is -0.468. The number of halogens is 1. The van der Waals surface area contributed by atoms with Crippen molar-refractivity contribution in [1.82, 2.24) is 5.32 Å². The van der Waals surface area contributed by atoms with Gasteiger partial charge in [-0.1, -0.05) is 48.0 Å². The van der Waals surface area contributed by atoms with Gasteiger partial charge in [-0.15, -0.1) is 0 Å². The lowest BCUT2D eigenvalue weighted by atomic mass is 10.1. The Morgan fingerprint density at radius 3 is 2.55 bits per heavy atom. The fraction of sp³-hybridized carbons (Fsp3) is 0.188. The van der Waals surface area contributed by atoms with Crippen molar-refractivity contribution in [3.8, 4) is 0 Å². The van der Waals surface area contributed by atoms with Gasteiger partial charge in [-0.25, -0.2) is 0 Å². The monoisotopic (exact) mass is 288 g/mol. The molecule has 2 rings (SSSR count). The predicted molar refractivity (Wildman–Crippen MR) is 81.7 cm³/mol. The minimum atomic E-state index is -0.468. The minimum absolute atomic E-state index is 0.225. The van der Waals surface area contributed by atoms with Crippen molar-refractivity contribution in [2.75, 3.05) is 0 Å². The number of hydrogen-bond donors (Lipinski definition) is 2. The van der Waals surface area contributed by atoms with E-state index < -0.39 is 5.91 Å². The Balaban J connectivity index is 2.02. The Morgan fingerprint density at radius 1 is 1.25 bits per heavy atom. The molecule has 0 aliphatic carbocycles. The van der Waals surface area contributed by atoms with Gasteiger partial charge < -0.3 is 11.1 Å². The zero-order valence-corrected chi connectivity index (χ0v) is 12.0. The summed E-state index contributed by atoms with van der Waals surface area (Å²) in [6, 6.07) is 15.5. The summed E-state index contributed by atoms with van der Waals surface area (Å²) in [5, 5.41) is 3.95. The molecule has 2 aromatic rings. The van der Waals surface area contributed by atoms with E-state index in [1.807, 2.05) is 24.3 Å². The Labute approximate surface area is 123 Å². The van der Waals surface area contributed by atoms with Crippen LogP contribution in [0.4, 0.5) is 0 Å². The van der Waals surface area contributed by atoms with Crippen molar-refractivity contribution in [3.63, 3.8) is 0 Å². The number of rotatable bonds is 5. The number of carbonyl (C=O) groups is 1. The van der Waals surface area contributed by atoms with Crippen LogP contribution in [0.1, 0.15) is 34.5 Å². The zero-order chi connectivity index (χ0) is 14.5. The highest BCUT2D eigenvalue weighted by Gasteiger charge is 2.08. The molecule has 3 N–H and O–H groups in total. The average Bonchev–Trinajstić information content (AvgIpc) is 2.46. The van der Waals surface area contributed by atoms with Gasteiger partial charge in [-0.05, 0) is 30.2 Å². The minimum Gasteiger partial charge on any atom is -0.366 e. The van der Waals surface area contributed by atoms with Crippen molar-refractivity contribution in [2.24, 2.45) is 5.73 Å². The van der Waals surface area contributed by atoms with Crippen LogP contribution in [0.25, 0.3) is 0 Å². The number of carbonyl (C=O) groups excluding carboxylic acids is 1. The summed E-state index contributed by atoms with van der Waals surface area (Å²) in [4.78, 5) is 11.1. The summed E-state index contributed by atoms with van der Waals surface area (Å²) in [6.07, 6.45) is 0. The van der Waals surface area contributed by atoms with Crippen molar-refractivity contribution in [2.45, 2.75) is 19.5 Å². The molecule has 0 aliphatic rings. The standard InChI is InChI=1S/C16H17ClN2O/c1-11(12-5-3-2-4-6-12)19-10-14-8-7-13(16(18)20)9-15(14)17/h2-9,11,19H,10H2,1H3,(H2,18,20)/t11-/m1/s1. The molecule has 0 spiro atoms. The van der Waals surface area contributed by atoms with Gasteiger partial charge in [-0.3, -0.25) is 4.79 Å². The summed E-state index contributed by atoms with van der Waals surface area (Å²) >= 11 is 6.16. The van der Waals surface area contributed by atoms with Crippen LogP contribution in [0.15, 0.2) is 48.5 Å². The fourth-order valence-electron chi connectivity index (χ4n) is 1.97. The molecule has 3 nitrogen and oxygen atoms in total. The first-order valence-electron chi connectivity index (χ1n) is 6.44. The van der Waals surface area contributed by atoms with E-state index >= 15 is 0 Å². The molecule has 0 radical (unpaired) electrons. The first kappa shape index (κ1) is 14.6. The molecule has 104 valence electrons. The number of nitrogens with two attached hydrogens (primary N) is 1. The van der Waals surface area contributed by atoms with Gasteiger partial charge in [0.25, 0.3) is 0 Å². The zero-order valence-electron chi connectivity index (χ0n) is 11.3. The third-order valence-electron chi connectivity index (χ3n) is 3.24. The summed E-state index contributed by atoms with van der Waals surface area (Å²) in [7, 11) is 0. The molecule has 20 heavy (non-hydrogen) atoms. The van der Waals surface area contributed by atoms with Crippen LogP contribution in [-0.4, -0.2) is 5.91 Å². The molecule has 1 amide bonds. The predicted octanol–water partition coefficient (Wildman–Crippen LogP) is 3.29. The van der Waals surface area contributed by atoms with Gasteiger partial charge in [0.1, 0.15) is 0 Å². The third-order valence-corrected chi connectivity index (χ3v) is 3.59. The Hall–Kier alpha value is -1.84. The highest BCUT2D eigenvalue weighted by Crippen LogP contribution is 2.19. The van der Waals surface area contributed by atoms with Crippen molar-refractivity contribution < 1.29 is 4.79 Å². The average molecular weight is 289 g/mol. The number of primary amides is 1. The van der Waals surface area contributed by atoms with Crippen molar-refractivity contribution in [1.29, 1.82) is 0 Å². The molecule has 1 atom stereocenters. The highest BCUT2D eigenvalue weighted by molar-refractivity contribution is 6.31. The van der Waals surface area contributed by atoms with Crippen LogP contribution < -0.4 is 11.1 Å². The summed E-state index contributed by atoms with van der Waals surface area (Å²) < 4.78 is 0. The lowest BCUT2D eigenvalue weighted by Crippen LogP contribution is -2.18. The normalized spacial score (nSPS) is 12.1. The second-order valence-electron chi connectivity index (χ2n) is 4.68. The first-order valence-corrected chi connectivity index (χ1v) is 6.82. The summed E-state index contributed by atoms with van der Waals surface area (Å²) in [6.45, 7) is 2.73. The number of hydrogen-bond acceptors (Lipinski definition) is 2. The quantitative estimate of drug-likeness (QED) is 0.887. The van der Waals surface area contributed by atoms with E-state index in [9.17, 15) is 4.79 Å². The molecule has 2 aromatic carbocycles. The molecule has 0 fully saturated rings. The summed E-state index contributed by atoms with van der Waals surface area (Å²) in [5.41, 5.74) is 7.81. The second kappa shape index (κ2) is 6.55. The van der Waals surface area contributed by atoms with Crippen molar-refractivity contribution in [3.05, 3.63) is 70.2 Å². The Kier molecular flexibility index (Phi) is 4.77. The van der Waals surface area contributed by atoms with E-state index in [-0.39, 0.29) is 6.04 Å². The SMILES string of the molecule is C[C@@H](NCc1ccc(C(N)=O)cc1Cl)c1ccccc1. The molecule has 0 heterocycles. The van der Waals surface area contributed by atoms with E-state index in [0.717, 1.165) is 5.56 Å². The Morgan fingerprint density at radius 2 is 1.95 bits per heavy atom. The lowest BCUT2D eigenvalue weighted by molar-refractivity contribution is 0.100. The third kappa shape index (κ3) is 3.59. The highest BCUT2D eigenvalue weighted by atomic mass is 35.5. The topological polar surface area (TPSA) is 55.1 Å². The Bertz CT molecular complexity index is 599. The molecule has 0 saturated heterocycles. The van der Waals surface area contributed by atoms with Crippen LogP contribution in [0.2, 0.25) is 5.02 Å². The smallest absolute Gasteiger partial charge is 0.248 e. The van der Waals surface area contributed by atoms with Gasteiger partial charge in [0.2, 0.25) is 5.91 Å². The molecule has 0 bridgehead atoms. The number of amides is 1. The molecule has 4 heteroatoms. The van der Waals surface area contributed by atoms with E-state index in [1.54, 1.807) is 12.1 Å². The first-order chi connectivity index (χ1) is 9.58. The van der Waals surface area contributed by atoms with Gasteiger partial charge in [0, 0.05) is 23.2 Å². The molecular formula is C16H17ClN2O. The second-order valence-corrected chi connectivity index (χ2v) is 5.09. The maximum Gasteiger partial charge on any atom is 0.248 e. The molecule has 0 aromatic heterocycles. The van der Waals surface area contributed by atoms with Gasteiger partial charge in [0.05, 0.1) is 0 Å². The van der Waals surface area contributed by atoms with E-state index in [4.69, 9.17) is 17.3 Å². The molecular weight excluding hydrogens is 272 g/mol. The maximum atomic E-state index is 11.1. The van der Waals surface area contributed by atoms with Gasteiger partial charge in [0.15, 0.2) is 0 Å². The van der Waals surface area contributed by atoms with E-state index in [0.29, 0.717) is 17.1 Å². The van der Waals surface area contributed by atoms with Gasteiger partial charge in [-0.2, -0.15) is 0 Å². The molecule has 0 aliphatic heterocycles. The van der Waals surface area contributed by atoms with E-state index in [2.05, 4.69) is 24.4 Å². The lowest BCUT2D eigenvalue weighted by Gasteiger charge is -2.15. The fourth-order valence-corrected chi connectivity index (χ4v) is 2.21. The van der Waals surface area contributed by atoms with Crippen LogP contribution >= 0.6 is 11.6 Å². The van der Waals surface area contributed by atoms with Crippen molar-refractivity contribution >= 4 is 17.5 Å². The number of nitrogens with one attached hydrogen (secondary N) is 1. The maximum absolute atomic E-state index is 11.1. The molecule has 0 unspecified atom stereocenters.